The average Bonchev–Trinajstić information content (AvgIpc) is 2.23. The number of benzene rings is 1. The minimum absolute atomic E-state index is 0.655. The van der Waals surface area contributed by atoms with Crippen LogP contribution in [0.4, 0.5) is 0 Å². The van der Waals surface area contributed by atoms with Crippen molar-refractivity contribution in [3.05, 3.63) is 34.9 Å². The Morgan fingerprint density at radius 1 is 1.06 bits per heavy atom. The maximum absolute atomic E-state index is 5.78. The maximum Gasteiger partial charge on any atom is 0.0351 e. The molecule has 0 spiro atoms. The van der Waals surface area contributed by atoms with Crippen molar-refractivity contribution in [3.63, 3.8) is 0 Å². The van der Waals surface area contributed by atoms with Crippen LogP contribution in [0.1, 0.15) is 16.7 Å². The lowest BCUT2D eigenvalue weighted by Crippen LogP contribution is -2.27. The highest BCUT2D eigenvalue weighted by molar-refractivity contribution is 6.18. The van der Waals surface area contributed by atoms with Gasteiger partial charge >= 0.3 is 0 Å². The predicted molar refractivity (Wildman–Crippen MR) is 72.6 cm³/mol. The van der Waals surface area contributed by atoms with Crippen molar-refractivity contribution in [1.29, 1.82) is 0 Å². The van der Waals surface area contributed by atoms with E-state index in [0.717, 1.165) is 19.6 Å². The van der Waals surface area contributed by atoms with Gasteiger partial charge in [0.2, 0.25) is 0 Å². The van der Waals surface area contributed by atoms with Gasteiger partial charge in [-0.25, -0.2) is 0 Å². The van der Waals surface area contributed by atoms with Crippen LogP contribution in [0.25, 0.3) is 0 Å². The van der Waals surface area contributed by atoms with Crippen LogP contribution >= 0.6 is 23.2 Å². The Morgan fingerprint density at radius 2 is 1.69 bits per heavy atom. The summed E-state index contributed by atoms with van der Waals surface area (Å²) < 4.78 is 0. The summed E-state index contributed by atoms with van der Waals surface area (Å²) in [5, 5.41) is 0. The Bertz CT molecular complexity index is 320. The van der Waals surface area contributed by atoms with Gasteiger partial charge in [0.25, 0.3) is 0 Å². The van der Waals surface area contributed by atoms with Gasteiger partial charge in [-0.15, -0.1) is 23.2 Å². The summed E-state index contributed by atoms with van der Waals surface area (Å²) in [5.74, 6) is 1.31. The van der Waals surface area contributed by atoms with Crippen molar-refractivity contribution in [2.75, 3.05) is 24.8 Å². The Morgan fingerprint density at radius 3 is 2.19 bits per heavy atom. The van der Waals surface area contributed by atoms with Crippen LogP contribution in [-0.2, 0) is 6.54 Å². The fourth-order valence-electron chi connectivity index (χ4n) is 1.77. The van der Waals surface area contributed by atoms with E-state index in [9.17, 15) is 0 Å². The molecule has 0 atom stereocenters. The van der Waals surface area contributed by atoms with E-state index in [1.807, 2.05) is 0 Å². The molecule has 0 saturated carbocycles. The quantitative estimate of drug-likeness (QED) is 0.706. The molecule has 0 fully saturated rings. The third-order valence-electron chi connectivity index (χ3n) is 2.69. The van der Waals surface area contributed by atoms with Crippen LogP contribution < -0.4 is 0 Å². The summed E-state index contributed by atoms with van der Waals surface area (Å²) in [6.45, 7) is 6.99. The molecule has 1 aromatic carbocycles. The van der Waals surface area contributed by atoms with Crippen molar-refractivity contribution in [2.45, 2.75) is 20.4 Å². The van der Waals surface area contributed by atoms with Crippen molar-refractivity contribution in [1.82, 2.24) is 4.90 Å². The van der Waals surface area contributed by atoms with E-state index < -0.39 is 0 Å². The zero-order valence-electron chi connectivity index (χ0n) is 9.97. The zero-order valence-corrected chi connectivity index (χ0v) is 11.5. The van der Waals surface area contributed by atoms with Crippen molar-refractivity contribution in [3.8, 4) is 0 Å². The number of nitrogens with zero attached hydrogens (tertiary/aromatic N) is 1. The highest BCUT2D eigenvalue weighted by Crippen LogP contribution is 2.13. The predicted octanol–water partition coefficient (Wildman–Crippen LogP) is 3.58. The molecule has 0 radical (unpaired) electrons. The molecule has 3 heteroatoms. The number of halogens is 2. The Hall–Kier alpha value is -0.240. The van der Waals surface area contributed by atoms with Crippen molar-refractivity contribution < 1.29 is 0 Å². The summed E-state index contributed by atoms with van der Waals surface area (Å²) in [4.78, 5) is 2.29. The third-order valence-corrected chi connectivity index (χ3v) is 3.03. The molecule has 16 heavy (non-hydrogen) atoms. The Kier molecular flexibility index (Phi) is 6.18. The first-order valence-corrected chi connectivity index (χ1v) is 6.64. The van der Waals surface area contributed by atoms with Gasteiger partial charge in [-0.3, -0.25) is 4.90 Å². The number of aryl methyl sites for hydroxylation is 2. The summed E-state index contributed by atoms with van der Waals surface area (Å²) in [7, 11) is 0. The number of rotatable bonds is 6. The van der Waals surface area contributed by atoms with Crippen LogP contribution in [0.5, 0.6) is 0 Å². The molecule has 1 rings (SSSR count). The SMILES string of the molecule is Cc1ccc(CN(CCCl)CCCl)c(C)c1. The smallest absolute Gasteiger partial charge is 0.0351 e. The summed E-state index contributed by atoms with van der Waals surface area (Å²) in [6, 6.07) is 6.57. The number of alkyl halides is 2. The van der Waals surface area contributed by atoms with E-state index in [4.69, 9.17) is 23.2 Å². The highest BCUT2D eigenvalue weighted by Gasteiger charge is 2.06. The number of hydrogen-bond donors (Lipinski definition) is 0. The molecule has 0 bridgehead atoms. The fourth-order valence-corrected chi connectivity index (χ4v) is 2.25. The number of hydrogen-bond acceptors (Lipinski definition) is 1. The second-order valence-electron chi connectivity index (χ2n) is 4.08. The van der Waals surface area contributed by atoms with E-state index in [2.05, 4.69) is 36.9 Å². The van der Waals surface area contributed by atoms with E-state index in [-0.39, 0.29) is 0 Å². The highest BCUT2D eigenvalue weighted by atomic mass is 35.5. The zero-order chi connectivity index (χ0) is 12.0. The van der Waals surface area contributed by atoms with E-state index in [1.54, 1.807) is 0 Å². The molecule has 1 nitrogen and oxygen atoms in total. The largest absolute Gasteiger partial charge is 0.297 e. The van der Waals surface area contributed by atoms with Crippen LogP contribution in [0.3, 0.4) is 0 Å². The van der Waals surface area contributed by atoms with Crippen LogP contribution in [0.15, 0.2) is 18.2 Å². The molecule has 0 amide bonds. The Labute approximate surface area is 108 Å². The van der Waals surface area contributed by atoms with Crippen LogP contribution in [0, 0.1) is 13.8 Å². The molecule has 1 aromatic rings. The average molecular weight is 260 g/mol. The molecule has 0 aliphatic carbocycles. The maximum atomic E-state index is 5.78. The monoisotopic (exact) mass is 259 g/mol. The lowest BCUT2D eigenvalue weighted by Gasteiger charge is -2.21. The van der Waals surface area contributed by atoms with E-state index >= 15 is 0 Å². The normalized spacial score (nSPS) is 11.1. The van der Waals surface area contributed by atoms with Gasteiger partial charge in [-0.1, -0.05) is 23.8 Å². The van der Waals surface area contributed by atoms with Gasteiger partial charge < -0.3 is 0 Å². The molecule has 90 valence electrons. The van der Waals surface area contributed by atoms with Crippen molar-refractivity contribution in [2.24, 2.45) is 0 Å². The molecule has 0 heterocycles. The fraction of sp³-hybridized carbons (Fsp3) is 0.538. The first-order chi connectivity index (χ1) is 7.67. The van der Waals surface area contributed by atoms with Gasteiger partial charge in [-0.05, 0) is 25.0 Å². The first kappa shape index (κ1) is 13.8. The molecular weight excluding hydrogens is 241 g/mol. The minimum Gasteiger partial charge on any atom is -0.297 e. The van der Waals surface area contributed by atoms with Gasteiger partial charge in [0.05, 0.1) is 0 Å². The molecule has 0 aliphatic heterocycles. The molecule has 0 N–H and O–H groups in total. The molecule has 0 unspecified atom stereocenters. The van der Waals surface area contributed by atoms with Gasteiger partial charge in [0.15, 0.2) is 0 Å². The lowest BCUT2D eigenvalue weighted by molar-refractivity contribution is 0.299. The van der Waals surface area contributed by atoms with Gasteiger partial charge in [0.1, 0.15) is 0 Å². The minimum atomic E-state index is 0.655. The summed E-state index contributed by atoms with van der Waals surface area (Å²) in [5.41, 5.74) is 4.01. The lowest BCUT2D eigenvalue weighted by atomic mass is 10.1. The topological polar surface area (TPSA) is 3.24 Å². The first-order valence-electron chi connectivity index (χ1n) is 5.57. The van der Waals surface area contributed by atoms with Gasteiger partial charge in [0, 0.05) is 31.4 Å². The Balaban J connectivity index is 2.68. The standard InChI is InChI=1S/C13H19Cl2N/c1-11-3-4-13(12(2)9-11)10-16(7-5-14)8-6-15/h3-4,9H,5-8,10H2,1-2H3. The van der Waals surface area contributed by atoms with Crippen LogP contribution in [-0.4, -0.2) is 29.7 Å². The molecule has 0 aliphatic rings. The molecular formula is C13H19Cl2N. The second-order valence-corrected chi connectivity index (χ2v) is 4.84. The third kappa shape index (κ3) is 4.32. The van der Waals surface area contributed by atoms with E-state index in [1.165, 1.54) is 16.7 Å². The van der Waals surface area contributed by atoms with Crippen LogP contribution in [0.2, 0.25) is 0 Å². The summed E-state index contributed by atoms with van der Waals surface area (Å²) >= 11 is 11.6. The van der Waals surface area contributed by atoms with Crippen molar-refractivity contribution >= 4 is 23.2 Å². The molecule has 0 aromatic heterocycles. The molecule has 0 saturated heterocycles. The second kappa shape index (κ2) is 7.16. The van der Waals surface area contributed by atoms with Gasteiger partial charge in [-0.2, -0.15) is 0 Å². The van der Waals surface area contributed by atoms with E-state index in [0.29, 0.717) is 11.8 Å². The summed E-state index contributed by atoms with van der Waals surface area (Å²) in [6.07, 6.45) is 0.